The number of guanidine groups is 1. The van der Waals surface area contributed by atoms with Crippen LogP contribution in [0, 0.1) is 0 Å². The van der Waals surface area contributed by atoms with E-state index < -0.39 is 12.2 Å². The summed E-state index contributed by atoms with van der Waals surface area (Å²) in [5.41, 5.74) is 0. The molecule has 1 atom stereocenters. The summed E-state index contributed by atoms with van der Waals surface area (Å²) in [5, 5.41) is 3.24. The molecule has 5 nitrogen and oxygen atoms in total. The topological polar surface area (TPSA) is 40.1 Å². The lowest BCUT2D eigenvalue weighted by Crippen LogP contribution is -2.56. The maximum Gasteiger partial charge on any atom is 0.403 e. The van der Waals surface area contributed by atoms with Crippen molar-refractivity contribution < 1.29 is 17.9 Å². The number of nitrogens with zero attached hydrogens (tertiary/aromatic N) is 3. The van der Waals surface area contributed by atoms with Gasteiger partial charge < -0.3 is 15.0 Å². The van der Waals surface area contributed by atoms with E-state index in [-0.39, 0.29) is 6.10 Å². The van der Waals surface area contributed by atoms with Crippen molar-refractivity contribution >= 4 is 5.96 Å². The van der Waals surface area contributed by atoms with Crippen LogP contribution in [0.1, 0.15) is 27.2 Å². The molecule has 1 fully saturated rings. The van der Waals surface area contributed by atoms with Crippen molar-refractivity contribution in [1.29, 1.82) is 0 Å². The zero-order valence-corrected chi connectivity index (χ0v) is 14.5. The molecule has 0 spiro atoms. The summed E-state index contributed by atoms with van der Waals surface area (Å²) >= 11 is 0. The molecule has 0 saturated carbocycles. The third-order valence-electron chi connectivity index (χ3n) is 3.90. The van der Waals surface area contributed by atoms with Gasteiger partial charge in [0, 0.05) is 46.4 Å². The van der Waals surface area contributed by atoms with Gasteiger partial charge in [-0.1, -0.05) is 0 Å². The van der Waals surface area contributed by atoms with Gasteiger partial charge >= 0.3 is 6.18 Å². The Morgan fingerprint density at radius 2 is 1.78 bits per heavy atom. The summed E-state index contributed by atoms with van der Waals surface area (Å²) in [6.45, 7) is 8.48. The number of hydrogen-bond acceptors (Lipinski definition) is 3. The number of ether oxygens (including phenoxy) is 1. The largest absolute Gasteiger partial charge is 0.403 e. The molecule has 23 heavy (non-hydrogen) atoms. The predicted molar refractivity (Wildman–Crippen MR) is 85.7 cm³/mol. The van der Waals surface area contributed by atoms with Gasteiger partial charge in [-0.15, -0.1) is 0 Å². The number of hydrogen-bond donors (Lipinski definition) is 1. The zero-order valence-electron chi connectivity index (χ0n) is 14.5. The highest BCUT2D eigenvalue weighted by Gasteiger charge is 2.40. The van der Waals surface area contributed by atoms with E-state index in [1.807, 2.05) is 18.7 Å². The van der Waals surface area contributed by atoms with Crippen molar-refractivity contribution in [2.24, 2.45) is 4.99 Å². The smallest absolute Gasteiger partial charge is 0.379 e. The van der Waals surface area contributed by atoms with Crippen molar-refractivity contribution in [1.82, 2.24) is 15.1 Å². The summed E-state index contributed by atoms with van der Waals surface area (Å²) in [4.78, 5) is 7.69. The fourth-order valence-corrected chi connectivity index (χ4v) is 2.45. The van der Waals surface area contributed by atoms with E-state index in [9.17, 15) is 13.2 Å². The zero-order chi connectivity index (χ0) is 17.5. The monoisotopic (exact) mass is 338 g/mol. The SMILES string of the molecule is CN=C(NCCCOC(C)C)N1CCN(C(C)C(F)(F)F)CC1. The predicted octanol–water partition coefficient (Wildman–Crippen LogP) is 1.95. The molecule has 136 valence electrons. The lowest BCUT2D eigenvalue weighted by Gasteiger charge is -2.39. The third kappa shape index (κ3) is 6.95. The van der Waals surface area contributed by atoms with Gasteiger partial charge in [0.25, 0.3) is 0 Å². The molecule has 1 rings (SSSR count). The molecule has 1 saturated heterocycles. The second-order valence-electron chi connectivity index (χ2n) is 5.99. The van der Waals surface area contributed by atoms with Crippen LogP contribution in [-0.4, -0.2) is 80.5 Å². The molecule has 0 aromatic heterocycles. The maximum absolute atomic E-state index is 12.7. The lowest BCUT2D eigenvalue weighted by atomic mass is 10.2. The normalized spacial score (nSPS) is 19.3. The molecular weight excluding hydrogens is 309 g/mol. The number of nitrogens with one attached hydrogen (secondary N) is 1. The van der Waals surface area contributed by atoms with Crippen LogP contribution in [-0.2, 0) is 4.74 Å². The first-order valence-corrected chi connectivity index (χ1v) is 8.13. The van der Waals surface area contributed by atoms with Crippen molar-refractivity contribution in [3.05, 3.63) is 0 Å². The molecule has 1 heterocycles. The average Bonchev–Trinajstić information content (AvgIpc) is 2.49. The van der Waals surface area contributed by atoms with Gasteiger partial charge in [0.15, 0.2) is 5.96 Å². The minimum absolute atomic E-state index is 0.220. The lowest BCUT2D eigenvalue weighted by molar-refractivity contribution is -0.181. The van der Waals surface area contributed by atoms with Gasteiger partial charge in [-0.25, -0.2) is 0 Å². The minimum atomic E-state index is -4.17. The minimum Gasteiger partial charge on any atom is -0.379 e. The number of piperazine rings is 1. The Morgan fingerprint density at radius 1 is 1.17 bits per heavy atom. The Labute approximate surface area is 136 Å². The number of alkyl halides is 3. The fourth-order valence-electron chi connectivity index (χ4n) is 2.45. The molecule has 1 aliphatic rings. The fraction of sp³-hybridized carbons (Fsp3) is 0.933. The molecular formula is C15H29F3N4O. The molecule has 1 N–H and O–H groups in total. The standard InChI is InChI=1S/C15H29F3N4O/c1-12(2)23-11-5-6-20-14(19-4)22-9-7-21(8-10-22)13(3)15(16,17)18/h12-13H,5-11H2,1-4H3,(H,19,20). The van der Waals surface area contributed by atoms with Crippen LogP contribution in [0.4, 0.5) is 13.2 Å². The van der Waals surface area contributed by atoms with Crippen molar-refractivity contribution in [3.63, 3.8) is 0 Å². The molecule has 0 bridgehead atoms. The van der Waals surface area contributed by atoms with E-state index >= 15 is 0 Å². The van der Waals surface area contributed by atoms with Crippen LogP contribution < -0.4 is 5.32 Å². The van der Waals surface area contributed by atoms with E-state index in [1.54, 1.807) is 7.05 Å². The van der Waals surface area contributed by atoms with Gasteiger partial charge in [0.2, 0.25) is 0 Å². The van der Waals surface area contributed by atoms with Crippen molar-refractivity contribution in [3.8, 4) is 0 Å². The maximum atomic E-state index is 12.7. The highest BCUT2D eigenvalue weighted by molar-refractivity contribution is 5.79. The van der Waals surface area contributed by atoms with Gasteiger partial charge in [0.05, 0.1) is 6.10 Å². The number of aliphatic imine (C=N–C) groups is 1. The molecule has 8 heteroatoms. The Kier molecular flexibility index (Phi) is 8.11. The van der Waals surface area contributed by atoms with Gasteiger partial charge in [0.1, 0.15) is 6.04 Å². The summed E-state index contributed by atoms with van der Waals surface area (Å²) in [6.07, 6.45) is -3.08. The molecule has 1 unspecified atom stereocenters. The first-order chi connectivity index (χ1) is 10.8. The van der Waals surface area contributed by atoms with Crippen molar-refractivity contribution in [2.45, 2.75) is 45.5 Å². The first kappa shape index (κ1) is 20.0. The van der Waals surface area contributed by atoms with E-state index in [1.165, 1.54) is 11.8 Å². The van der Waals surface area contributed by atoms with E-state index in [0.29, 0.717) is 32.8 Å². The molecule has 0 amide bonds. The molecule has 0 aromatic carbocycles. The highest BCUT2D eigenvalue weighted by atomic mass is 19.4. The number of rotatable bonds is 6. The Bertz CT molecular complexity index is 366. The second-order valence-corrected chi connectivity index (χ2v) is 5.99. The van der Waals surface area contributed by atoms with Crippen LogP contribution >= 0.6 is 0 Å². The third-order valence-corrected chi connectivity index (χ3v) is 3.90. The van der Waals surface area contributed by atoms with E-state index in [0.717, 1.165) is 18.9 Å². The average molecular weight is 338 g/mol. The van der Waals surface area contributed by atoms with E-state index in [2.05, 4.69) is 10.3 Å². The summed E-state index contributed by atoms with van der Waals surface area (Å²) in [5.74, 6) is 0.744. The summed E-state index contributed by atoms with van der Waals surface area (Å²) < 4.78 is 43.7. The Morgan fingerprint density at radius 3 is 2.26 bits per heavy atom. The number of halogens is 3. The van der Waals surface area contributed by atoms with Crippen LogP contribution in [0.15, 0.2) is 4.99 Å². The second kappa shape index (κ2) is 9.32. The Balaban J connectivity index is 2.33. The van der Waals surface area contributed by atoms with Crippen molar-refractivity contribution in [2.75, 3.05) is 46.4 Å². The molecule has 0 aromatic rings. The molecule has 0 radical (unpaired) electrons. The van der Waals surface area contributed by atoms with E-state index in [4.69, 9.17) is 4.74 Å². The quantitative estimate of drug-likeness (QED) is 0.456. The van der Waals surface area contributed by atoms with Gasteiger partial charge in [-0.2, -0.15) is 13.2 Å². The van der Waals surface area contributed by atoms with Gasteiger partial charge in [-0.3, -0.25) is 9.89 Å². The van der Waals surface area contributed by atoms with Crippen LogP contribution in [0.3, 0.4) is 0 Å². The Hall–Kier alpha value is -1.02. The molecule has 1 aliphatic heterocycles. The summed E-state index contributed by atoms with van der Waals surface area (Å²) in [6, 6.07) is -1.40. The highest BCUT2D eigenvalue weighted by Crippen LogP contribution is 2.25. The van der Waals surface area contributed by atoms with Crippen LogP contribution in [0.5, 0.6) is 0 Å². The molecule has 0 aliphatic carbocycles. The van der Waals surface area contributed by atoms with Crippen LogP contribution in [0.2, 0.25) is 0 Å². The van der Waals surface area contributed by atoms with Gasteiger partial charge in [-0.05, 0) is 27.2 Å². The van der Waals surface area contributed by atoms with Crippen LogP contribution in [0.25, 0.3) is 0 Å². The first-order valence-electron chi connectivity index (χ1n) is 8.13. The summed E-state index contributed by atoms with van der Waals surface area (Å²) in [7, 11) is 1.69.